The minimum absolute atomic E-state index is 0.186. The molecule has 0 radical (unpaired) electrons. The highest BCUT2D eigenvalue weighted by Crippen LogP contribution is 2.60. The molecule has 1 atom stereocenters. The zero-order valence-corrected chi connectivity index (χ0v) is 11.8. The molecule has 1 aromatic heterocycles. The second-order valence-corrected chi connectivity index (χ2v) is 6.26. The van der Waals surface area contributed by atoms with Crippen LogP contribution in [0, 0.1) is 5.41 Å². The van der Waals surface area contributed by atoms with E-state index < -0.39 is 0 Å². The standard InChI is InChI=1S/C15H21N3O2/c1-2-6-18(7-3-1)14-16-5-4-13(17-14)12-8-15(12)9-19-11-20-10-15/h4-5,12H,1-3,6-11H2/t12-/m1/s1. The van der Waals surface area contributed by atoms with E-state index in [1.54, 1.807) is 0 Å². The lowest BCUT2D eigenvalue weighted by atomic mass is 10.0. The van der Waals surface area contributed by atoms with Crippen LogP contribution in [0.25, 0.3) is 0 Å². The van der Waals surface area contributed by atoms with Gasteiger partial charge in [0.05, 0.1) is 13.2 Å². The van der Waals surface area contributed by atoms with Crippen molar-refractivity contribution >= 4 is 5.95 Å². The van der Waals surface area contributed by atoms with E-state index in [4.69, 9.17) is 14.5 Å². The summed E-state index contributed by atoms with van der Waals surface area (Å²) < 4.78 is 10.9. The Hall–Kier alpha value is -1.20. The van der Waals surface area contributed by atoms with Gasteiger partial charge < -0.3 is 14.4 Å². The molecule has 3 fully saturated rings. The third kappa shape index (κ3) is 2.19. The van der Waals surface area contributed by atoms with Crippen LogP contribution in [0.4, 0.5) is 5.95 Å². The van der Waals surface area contributed by atoms with Crippen molar-refractivity contribution in [2.45, 2.75) is 31.6 Å². The average Bonchev–Trinajstić information content (AvgIpc) is 3.22. The predicted octanol–water partition coefficient (Wildman–Crippen LogP) is 1.94. The van der Waals surface area contributed by atoms with Crippen LogP contribution in [-0.4, -0.2) is 43.1 Å². The fraction of sp³-hybridized carbons (Fsp3) is 0.733. The summed E-state index contributed by atoms with van der Waals surface area (Å²) >= 11 is 0. The van der Waals surface area contributed by atoms with Crippen LogP contribution in [0.2, 0.25) is 0 Å². The molecule has 0 amide bonds. The highest BCUT2D eigenvalue weighted by molar-refractivity contribution is 5.34. The number of ether oxygens (including phenoxy) is 2. The number of aromatic nitrogens is 2. The van der Waals surface area contributed by atoms with Crippen molar-refractivity contribution in [2.24, 2.45) is 5.41 Å². The molecule has 0 aromatic carbocycles. The fourth-order valence-corrected chi connectivity index (χ4v) is 3.48. The van der Waals surface area contributed by atoms with Crippen LogP contribution < -0.4 is 4.90 Å². The summed E-state index contributed by atoms with van der Waals surface area (Å²) in [6.45, 7) is 4.23. The minimum atomic E-state index is 0.186. The summed E-state index contributed by atoms with van der Waals surface area (Å²) in [4.78, 5) is 11.6. The normalized spacial score (nSPS) is 28.6. The number of anilines is 1. The van der Waals surface area contributed by atoms with Crippen LogP contribution in [0.15, 0.2) is 12.3 Å². The van der Waals surface area contributed by atoms with Gasteiger partial charge in [-0.25, -0.2) is 9.97 Å². The van der Waals surface area contributed by atoms with Crippen molar-refractivity contribution in [3.8, 4) is 0 Å². The zero-order chi connectivity index (χ0) is 13.4. The monoisotopic (exact) mass is 275 g/mol. The predicted molar refractivity (Wildman–Crippen MR) is 74.7 cm³/mol. The summed E-state index contributed by atoms with van der Waals surface area (Å²) in [6.07, 6.45) is 6.87. The zero-order valence-electron chi connectivity index (χ0n) is 11.8. The van der Waals surface area contributed by atoms with E-state index in [0.29, 0.717) is 12.7 Å². The Bertz CT molecular complexity index is 482. The third-order valence-electron chi connectivity index (χ3n) is 4.80. The van der Waals surface area contributed by atoms with Gasteiger partial charge in [0.25, 0.3) is 0 Å². The van der Waals surface area contributed by atoms with Crippen molar-refractivity contribution in [2.75, 3.05) is 38.0 Å². The molecule has 0 bridgehead atoms. The van der Waals surface area contributed by atoms with Crippen LogP contribution >= 0.6 is 0 Å². The summed E-state index contributed by atoms with van der Waals surface area (Å²) in [5.41, 5.74) is 1.35. The van der Waals surface area contributed by atoms with Crippen LogP contribution in [0.1, 0.15) is 37.3 Å². The molecule has 5 heteroatoms. The molecule has 1 saturated carbocycles. The van der Waals surface area contributed by atoms with Gasteiger partial charge in [0, 0.05) is 36.3 Å². The molecule has 4 rings (SSSR count). The topological polar surface area (TPSA) is 47.5 Å². The van der Waals surface area contributed by atoms with E-state index in [1.807, 2.05) is 6.20 Å². The number of hydrogen-bond donors (Lipinski definition) is 0. The Kier molecular flexibility index (Phi) is 3.11. The maximum absolute atomic E-state index is 5.47. The van der Waals surface area contributed by atoms with Gasteiger partial charge >= 0.3 is 0 Å². The van der Waals surface area contributed by atoms with Gasteiger partial charge in [0.1, 0.15) is 6.79 Å². The Balaban J connectivity index is 1.52. The van der Waals surface area contributed by atoms with Gasteiger partial charge in [-0.2, -0.15) is 0 Å². The van der Waals surface area contributed by atoms with Gasteiger partial charge in [-0.1, -0.05) is 0 Å². The van der Waals surface area contributed by atoms with Gasteiger partial charge in [-0.3, -0.25) is 0 Å². The molecular formula is C15H21N3O2. The highest BCUT2D eigenvalue weighted by Gasteiger charge is 2.57. The van der Waals surface area contributed by atoms with Crippen LogP contribution in [-0.2, 0) is 9.47 Å². The molecule has 1 spiro atoms. The van der Waals surface area contributed by atoms with Crippen LogP contribution in [0.5, 0.6) is 0 Å². The minimum Gasteiger partial charge on any atom is -0.355 e. The van der Waals surface area contributed by atoms with Crippen molar-refractivity contribution in [3.05, 3.63) is 18.0 Å². The molecule has 3 aliphatic rings. The second-order valence-electron chi connectivity index (χ2n) is 6.26. The SMILES string of the molecule is c1cc([C@H]2CC23COCOC3)nc(N2CCCCC2)n1. The van der Waals surface area contributed by atoms with E-state index in [2.05, 4.69) is 16.0 Å². The Morgan fingerprint density at radius 2 is 1.95 bits per heavy atom. The molecule has 2 saturated heterocycles. The lowest BCUT2D eigenvalue weighted by Crippen LogP contribution is -2.31. The third-order valence-corrected chi connectivity index (χ3v) is 4.80. The number of nitrogens with zero attached hydrogens (tertiary/aromatic N) is 3. The molecule has 1 aliphatic carbocycles. The van der Waals surface area contributed by atoms with Gasteiger partial charge in [-0.05, 0) is 31.7 Å². The smallest absolute Gasteiger partial charge is 0.225 e. The second kappa shape index (κ2) is 4.97. The molecule has 5 nitrogen and oxygen atoms in total. The molecule has 1 aromatic rings. The molecule has 0 N–H and O–H groups in total. The Morgan fingerprint density at radius 3 is 2.75 bits per heavy atom. The summed E-state index contributed by atoms with van der Waals surface area (Å²) in [7, 11) is 0. The number of hydrogen-bond acceptors (Lipinski definition) is 5. The largest absolute Gasteiger partial charge is 0.355 e. The number of piperidine rings is 1. The van der Waals surface area contributed by atoms with Gasteiger partial charge in [-0.15, -0.1) is 0 Å². The molecule has 20 heavy (non-hydrogen) atoms. The first-order valence-electron chi connectivity index (χ1n) is 7.61. The van der Waals surface area contributed by atoms with E-state index in [1.165, 1.54) is 19.3 Å². The average molecular weight is 275 g/mol. The summed E-state index contributed by atoms with van der Waals surface area (Å²) in [6, 6.07) is 2.06. The fourth-order valence-electron chi connectivity index (χ4n) is 3.48. The van der Waals surface area contributed by atoms with E-state index in [9.17, 15) is 0 Å². The van der Waals surface area contributed by atoms with Gasteiger partial charge in [0.2, 0.25) is 5.95 Å². The first kappa shape index (κ1) is 12.5. The van der Waals surface area contributed by atoms with Crippen LogP contribution in [0.3, 0.4) is 0 Å². The van der Waals surface area contributed by atoms with E-state index in [0.717, 1.165) is 44.4 Å². The first-order chi connectivity index (χ1) is 9.87. The summed E-state index contributed by atoms with van der Waals surface area (Å²) in [5.74, 6) is 1.39. The lowest BCUT2D eigenvalue weighted by Gasteiger charge is -2.27. The maximum Gasteiger partial charge on any atom is 0.225 e. The van der Waals surface area contributed by atoms with Gasteiger partial charge in [0.15, 0.2) is 0 Å². The molecule has 2 aliphatic heterocycles. The van der Waals surface area contributed by atoms with Crippen molar-refractivity contribution in [3.63, 3.8) is 0 Å². The molecule has 108 valence electrons. The Morgan fingerprint density at radius 1 is 1.15 bits per heavy atom. The maximum atomic E-state index is 5.47. The van der Waals surface area contributed by atoms with E-state index >= 15 is 0 Å². The molecular weight excluding hydrogens is 254 g/mol. The summed E-state index contributed by atoms with van der Waals surface area (Å²) in [5, 5.41) is 0. The first-order valence-corrected chi connectivity index (χ1v) is 7.61. The molecule has 0 unspecified atom stereocenters. The number of rotatable bonds is 2. The van der Waals surface area contributed by atoms with Crippen molar-refractivity contribution in [1.29, 1.82) is 0 Å². The van der Waals surface area contributed by atoms with E-state index in [-0.39, 0.29) is 5.41 Å². The molecule has 3 heterocycles. The lowest BCUT2D eigenvalue weighted by molar-refractivity contribution is -0.136. The quantitative estimate of drug-likeness (QED) is 0.825. The Labute approximate surface area is 119 Å². The highest BCUT2D eigenvalue weighted by atomic mass is 16.7. The van der Waals surface area contributed by atoms with Crippen molar-refractivity contribution in [1.82, 2.24) is 9.97 Å². The van der Waals surface area contributed by atoms with Crippen molar-refractivity contribution < 1.29 is 9.47 Å².